The van der Waals surface area contributed by atoms with E-state index >= 15 is 0 Å². The lowest BCUT2D eigenvalue weighted by atomic mass is 10.1. The predicted molar refractivity (Wildman–Crippen MR) is 66.3 cm³/mol. The summed E-state index contributed by atoms with van der Waals surface area (Å²) in [5.41, 5.74) is 8.08. The van der Waals surface area contributed by atoms with Gasteiger partial charge in [0.25, 0.3) is 0 Å². The number of nitrogen functional groups attached to an aromatic ring is 2. The van der Waals surface area contributed by atoms with Crippen molar-refractivity contribution in [3.63, 3.8) is 0 Å². The maximum atomic E-state index is 8.92. The molecule has 0 saturated carbocycles. The van der Waals surface area contributed by atoms with Gasteiger partial charge < -0.3 is 21.2 Å². The van der Waals surface area contributed by atoms with E-state index in [-0.39, 0.29) is 12.6 Å². The monoisotopic (exact) mass is 238 g/mol. The van der Waals surface area contributed by atoms with Gasteiger partial charge >= 0.3 is 0 Å². The van der Waals surface area contributed by atoms with Crippen molar-refractivity contribution >= 4 is 17.6 Å². The van der Waals surface area contributed by atoms with Crippen LogP contribution in [-0.2, 0) is 0 Å². The Morgan fingerprint density at radius 3 is 3.06 bits per heavy atom. The lowest BCUT2D eigenvalue weighted by molar-refractivity contribution is 0.263. The second kappa shape index (κ2) is 5.15. The summed E-state index contributed by atoms with van der Waals surface area (Å²) in [7, 11) is 0. The van der Waals surface area contributed by atoms with Crippen LogP contribution in [0.1, 0.15) is 12.8 Å². The van der Waals surface area contributed by atoms with Crippen LogP contribution in [0.3, 0.4) is 0 Å². The van der Waals surface area contributed by atoms with Crippen LogP contribution in [0, 0.1) is 5.92 Å². The Morgan fingerprint density at radius 1 is 1.53 bits per heavy atom. The molecular weight excluding hydrogens is 220 g/mol. The molecule has 2 rings (SSSR count). The first kappa shape index (κ1) is 11.9. The summed E-state index contributed by atoms with van der Waals surface area (Å²) in [6, 6.07) is 1.78. The molecule has 2 heterocycles. The highest BCUT2D eigenvalue weighted by molar-refractivity contribution is 5.52. The second-order valence-corrected chi connectivity index (χ2v) is 4.23. The largest absolute Gasteiger partial charge is 0.396 e. The number of aliphatic hydroxyl groups excluding tert-OH is 1. The molecule has 1 aromatic rings. The fourth-order valence-electron chi connectivity index (χ4n) is 2.15. The van der Waals surface area contributed by atoms with E-state index in [9.17, 15) is 0 Å². The van der Waals surface area contributed by atoms with E-state index in [2.05, 4.69) is 20.3 Å². The van der Waals surface area contributed by atoms with Crippen molar-refractivity contribution in [3.05, 3.63) is 6.07 Å². The maximum absolute atomic E-state index is 8.92. The van der Waals surface area contributed by atoms with E-state index in [1.54, 1.807) is 6.07 Å². The second-order valence-electron chi connectivity index (χ2n) is 4.23. The molecule has 1 unspecified atom stereocenters. The zero-order chi connectivity index (χ0) is 12.3. The molecule has 17 heavy (non-hydrogen) atoms. The summed E-state index contributed by atoms with van der Waals surface area (Å²) >= 11 is 0. The van der Waals surface area contributed by atoms with E-state index in [1.165, 1.54) is 0 Å². The molecule has 6 N–H and O–H groups in total. The van der Waals surface area contributed by atoms with Gasteiger partial charge in [-0.25, -0.2) is 5.84 Å². The van der Waals surface area contributed by atoms with Crippen LogP contribution in [-0.4, -0.2) is 34.8 Å². The number of hydrogen-bond acceptors (Lipinski definition) is 7. The first-order valence-electron chi connectivity index (χ1n) is 5.70. The van der Waals surface area contributed by atoms with Gasteiger partial charge in [-0.15, -0.1) is 0 Å². The molecular formula is C10H18N6O. The third-order valence-corrected chi connectivity index (χ3v) is 3.02. The maximum Gasteiger partial charge on any atom is 0.223 e. The van der Waals surface area contributed by atoms with Gasteiger partial charge in [-0.2, -0.15) is 9.97 Å². The van der Waals surface area contributed by atoms with Crippen molar-refractivity contribution in [2.45, 2.75) is 12.8 Å². The molecule has 1 fully saturated rings. The normalized spacial score (nSPS) is 19.6. The molecule has 1 atom stereocenters. The first-order valence-corrected chi connectivity index (χ1v) is 5.70. The van der Waals surface area contributed by atoms with Crippen LogP contribution in [0.5, 0.6) is 0 Å². The highest BCUT2D eigenvalue weighted by atomic mass is 16.3. The van der Waals surface area contributed by atoms with Crippen LogP contribution in [0.2, 0.25) is 0 Å². The number of hydrogen-bond donors (Lipinski definition) is 4. The molecule has 0 radical (unpaired) electrons. The molecule has 1 aliphatic rings. The van der Waals surface area contributed by atoms with Crippen molar-refractivity contribution in [2.24, 2.45) is 11.8 Å². The van der Waals surface area contributed by atoms with E-state index in [1.807, 2.05) is 0 Å². The minimum atomic E-state index is 0.209. The van der Waals surface area contributed by atoms with Crippen LogP contribution in [0.25, 0.3) is 0 Å². The molecule has 0 spiro atoms. The van der Waals surface area contributed by atoms with E-state index in [0.29, 0.717) is 11.7 Å². The molecule has 0 aromatic carbocycles. The van der Waals surface area contributed by atoms with Gasteiger partial charge in [0.05, 0.1) is 0 Å². The van der Waals surface area contributed by atoms with E-state index < -0.39 is 0 Å². The minimum absolute atomic E-state index is 0.209. The number of rotatable bonds is 4. The molecule has 0 bridgehead atoms. The summed E-state index contributed by atoms with van der Waals surface area (Å²) in [6.45, 7) is 2.05. The summed E-state index contributed by atoms with van der Waals surface area (Å²) < 4.78 is 0. The summed E-state index contributed by atoms with van der Waals surface area (Å²) in [5, 5.41) is 8.92. The summed E-state index contributed by atoms with van der Waals surface area (Å²) in [4.78, 5) is 10.3. The van der Waals surface area contributed by atoms with Crippen molar-refractivity contribution < 1.29 is 5.11 Å². The van der Waals surface area contributed by atoms with Gasteiger partial charge in [-0.3, -0.25) is 0 Å². The van der Waals surface area contributed by atoms with Crippen LogP contribution in [0.4, 0.5) is 17.6 Å². The van der Waals surface area contributed by atoms with E-state index in [0.717, 1.165) is 31.7 Å². The Labute approximate surface area is 99.8 Å². The number of nitrogens with one attached hydrogen (secondary N) is 1. The molecule has 0 amide bonds. The Hall–Kier alpha value is -1.60. The van der Waals surface area contributed by atoms with Gasteiger partial charge in [0.15, 0.2) is 0 Å². The van der Waals surface area contributed by atoms with Crippen molar-refractivity contribution in [3.8, 4) is 0 Å². The van der Waals surface area contributed by atoms with Crippen LogP contribution >= 0.6 is 0 Å². The fourth-order valence-corrected chi connectivity index (χ4v) is 2.15. The first-order chi connectivity index (χ1) is 8.22. The van der Waals surface area contributed by atoms with Gasteiger partial charge in [-0.05, 0) is 18.8 Å². The Bertz CT molecular complexity index is 385. The summed E-state index contributed by atoms with van der Waals surface area (Å²) in [5.74, 6) is 7.34. The number of aromatic nitrogens is 2. The number of nitrogens with zero attached hydrogens (tertiary/aromatic N) is 3. The number of nitrogens with two attached hydrogens (primary N) is 2. The molecule has 1 aromatic heterocycles. The van der Waals surface area contributed by atoms with Gasteiger partial charge in [0, 0.05) is 25.8 Å². The van der Waals surface area contributed by atoms with Crippen LogP contribution < -0.4 is 21.9 Å². The molecule has 94 valence electrons. The standard InChI is InChI=1S/C10H18N6O/c11-10-13-8(15-12)5-9(14-10)16-3-1-7(6-16)2-4-17/h5,7,17H,1-4,6,12H2,(H3,11,13,14,15). The molecule has 1 aliphatic heterocycles. The van der Waals surface area contributed by atoms with Gasteiger partial charge in [0.2, 0.25) is 5.95 Å². The third kappa shape index (κ3) is 2.75. The number of anilines is 3. The topological polar surface area (TPSA) is 113 Å². The van der Waals surface area contributed by atoms with Crippen LogP contribution in [0.15, 0.2) is 6.07 Å². The number of aliphatic hydroxyl groups is 1. The highest BCUT2D eigenvalue weighted by Gasteiger charge is 2.23. The Morgan fingerprint density at radius 2 is 2.35 bits per heavy atom. The van der Waals surface area contributed by atoms with Gasteiger partial charge in [-0.1, -0.05) is 0 Å². The van der Waals surface area contributed by atoms with Crippen molar-refractivity contribution in [2.75, 3.05) is 35.8 Å². The zero-order valence-corrected chi connectivity index (χ0v) is 9.63. The van der Waals surface area contributed by atoms with E-state index in [4.69, 9.17) is 16.7 Å². The quantitative estimate of drug-likeness (QED) is 0.415. The SMILES string of the molecule is NNc1cc(N2CCC(CCO)C2)nc(N)n1. The zero-order valence-electron chi connectivity index (χ0n) is 9.63. The van der Waals surface area contributed by atoms with Gasteiger partial charge in [0.1, 0.15) is 11.6 Å². The van der Waals surface area contributed by atoms with Crippen molar-refractivity contribution in [1.82, 2.24) is 9.97 Å². The molecule has 7 nitrogen and oxygen atoms in total. The highest BCUT2D eigenvalue weighted by Crippen LogP contribution is 2.25. The summed E-state index contributed by atoms with van der Waals surface area (Å²) in [6.07, 6.45) is 1.90. The molecule has 1 saturated heterocycles. The Balaban J connectivity index is 2.10. The third-order valence-electron chi connectivity index (χ3n) is 3.02. The Kier molecular flexibility index (Phi) is 3.60. The smallest absolute Gasteiger partial charge is 0.223 e. The van der Waals surface area contributed by atoms with Crippen molar-refractivity contribution in [1.29, 1.82) is 0 Å². The fraction of sp³-hybridized carbons (Fsp3) is 0.600. The minimum Gasteiger partial charge on any atom is -0.396 e. The molecule has 7 heteroatoms. The average molecular weight is 238 g/mol. The predicted octanol–water partition coefficient (Wildman–Crippen LogP) is -0.447. The lowest BCUT2D eigenvalue weighted by Crippen LogP contribution is -2.22. The number of hydrazine groups is 1. The molecule has 0 aliphatic carbocycles. The lowest BCUT2D eigenvalue weighted by Gasteiger charge is -2.18. The average Bonchev–Trinajstić information content (AvgIpc) is 2.77.